The lowest BCUT2D eigenvalue weighted by Crippen LogP contribution is -2.16. The van der Waals surface area contributed by atoms with Crippen LogP contribution in [0.25, 0.3) is 5.57 Å². The van der Waals surface area contributed by atoms with Gasteiger partial charge in [-0.15, -0.1) is 0 Å². The average molecular weight is 496 g/mol. The maximum absolute atomic E-state index is 13.7. The maximum Gasteiger partial charge on any atom is 0.257 e. The zero-order chi connectivity index (χ0) is 24.7. The molecule has 0 spiro atoms. The molecule has 1 heterocycles. The number of benzene rings is 1. The normalized spacial score (nSPS) is 20.8. The summed E-state index contributed by atoms with van der Waals surface area (Å²) in [5.41, 5.74) is 0.566. The van der Waals surface area contributed by atoms with Crippen molar-refractivity contribution in [1.82, 2.24) is 9.97 Å². The van der Waals surface area contributed by atoms with Crippen molar-refractivity contribution < 1.29 is 31.5 Å². The Balaban J connectivity index is 1.78. The van der Waals surface area contributed by atoms with Gasteiger partial charge < -0.3 is 14.8 Å². The minimum atomic E-state index is -3.42. The molecule has 2 unspecified atom stereocenters. The summed E-state index contributed by atoms with van der Waals surface area (Å²) in [5, 5.41) is 2.62. The standard InChI is InChI=1S/C23H27F2N3O5S/c1-3-32-8-9-33-22-14-26-21(13-27-22)28-23(29)18(10-15-11-19(24)20(25)12-15)16-4-6-17(7-5-16)34(2,30)31/h4-7,10,13-15,19-20H,3,8-9,11-12H2,1-2H3,(H,26,28,29)/b18-10+. The Kier molecular flexibility index (Phi) is 8.67. The van der Waals surface area contributed by atoms with E-state index in [-0.39, 0.29) is 35.0 Å². The number of hydrogen-bond acceptors (Lipinski definition) is 7. The SMILES string of the molecule is CCOCCOc1cnc(NC(=O)/C(=C/C2CC(F)C(F)C2)c2ccc(S(C)(=O)=O)cc2)cn1. The van der Waals surface area contributed by atoms with Gasteiger partial charge >= 0.3 is 0 Å². The van der Waals surface area contributed by atoms with E-state index < -0.39 is 34.0 Å². The lowest BCUT2D eigenvalue weighted by Gasteiger charge is -2.12. The molecule has 11 heteroatoms. The molecule has 1 N–H and O–H groups in total. The monoisotopic (exact) mass is 495 g/mol. The van der Waals surface area contributed by atoms with Gasteiger partial charge in [-0.3, -0.25) is 4.79 Å². The van der Waals surface area contributed by atoms with Gasteiger partial charge in [-0.2, -0.15) is 0 Å². The molecule has 0 radical (unpaired) electrons. The van der Waals surface area contributed by atoms with Crippen LogP contribution in [-0.4, -0.2) is 62.7 Å². The smallest absolute Gasteiger partial charge is 0.257 e. The van der Waals surface area contributed by atoms with E-state index in [4.69, 9.17) is 9.47 Å². The second-order valence-electron chi connectivity index (χ2n) is 7.88. The maximum atomic E-state index is 13.7. The number of anilines is 1. The highest BCUT2D eigenvalue weighted by Crippen LogP contribution is 2.34. The summed E-state index contributed by atoms with van der Waals surface area (Å²) in [4.78, 5) is 21.4. The van der Waals surface area contributed by atoms with Crippen LogP contribution in [0.1, 0.15) is 25.3 Å². The Morgan fingerprint density at radius 3 is 2.35 bits per heavy atom. The zero-order valence-electron chi connectivity index (χ0n) is 18.9. The number of halogens is 2. The molecule has 1 amide bonds. The van der Waals surface area contributed by atoms with Gasteiger partial charge in [0.1, 0.15) is 19.0 Å². The third-order valence-corrected chi connectivity index (χ3v) is 6.37. The predicted octanol–water partition coefficient (Wildman–Crippen LogP) is 3.40. The lowest BCUT2D eigenvalue weighted by molar-refractivity contribution is -0.111. The van der Waals surface area contributed by atoms with E-state index in [1.54, 1.807) is 0 Å². The van der Waals surface area contributed by atoms with Crippen molar-refractivity contribution in [2.75, 3.05) is 31.4 Å². The highest BCUT2D eigenvalue weighted by molar-refractivity contribution is 7.90. The highest BCUT2D eigenvalue weighted by Gasteiger charge is 2.34. The fourth-order valence-electron chi connectivity index (χ4n) is 3.51. The molecule has 1 aliphatic carbocycles. The van der Waals surface area contributed by atoms with E-state index in [9.17, 15) is 22.0 Å². The Morgan fingerprint density at radius 2 is 1.79 bits per heavy atom. The van der Waals surface area contributed by atoms with Crippen molar-refractivity contribution in [3.05, 3.63) is 48.3 Å². The predicted molar refractivity (Wildman–Crippen MR) is 123 cm³/mol. The Labute approximate surface area is 197 Å². The van der Waals surface area contributed by atoms with Gasteiger partial charge in [0, 0.05) is 18.4 Å². The van der Waals surface area contributed by atoms with E-state index in [2.05, 4.69) is 15.3 Å². The summed E-state index contributed by atoms with van der Waals surface area (Å²) in [6.45, 7) is 3.16. The van der Waals surface area contributed by atoms with Gasteiger partial charge in [0.2, 0.25) is 5.88 Å². The van der Waals surface area contributed by atoms with Crippen LogP contribution in [0.15, 0.2) is 47.6 Å². The molecule has 3 rings (SSSR count). The number of nitrogens with zero attached hydrogens (tertiary/aromatic N) is 2. The second-order valence-corrected chi connectivity index (χ2v) is 9.90. The number of rotatable bonds is 10. The molecule has 1 aromatic carbocycles. The first-order valence-electron chi connectivity index (χ1n) is 10.8. The summed E-state index contributed by atoms with van der Waals surface area (Å²) >= 11 is 0. The van der Waals surface area contributed by atoms with Crippen LogP contribution < -0.4 is 10.1 Å². The van der Waals surface area contributed by atoms with Crippen LogP contribution in [0.5, 0.6) is 5.88 Å². The minimum Gasteiger partial charge on any atom is -0.474 e. The van der Waals surface area contributed by atoms with E-state index >= 15 is 0 Å². The van der Waals surface area contributed by atoms with Crippen LogP contribution in [0, 0.1) is 5.92 Å². The van der Waals surface area contributed by atoms with Gasteiger partial charge in [0.25, 0.3) is 5.91 Å². The molecule has 1 fully saturated rings. The van der Waals surface area contributed by atoms with Crippen molar-refractivity contribution in [2.24, 2.45) is 5.92 Å². The molecule has 2 aromatic rings. The number of amides is 1. The van der Waals surface area contributed by atoms with Crippen molar-refractivity contribution in [1.29, 1.82) is 0 Å². The highest BCUT2D eigenvalue weighted by atomic mass is 32.2. The van der Waals surface area contributed by atoms with E-state index in [1.807, 2.05) is 6.92 Å². The van der Waals surface area contributed by atoms with Crippen LogP contribution in [0.3, 0.4) is 0 Å². The molecule has 8 nitrogen and oxygen atoms in total. The zero-order valence-corrected chi connectivity index (χ0v) is 19.7. The number of alkyl halides is 2. The van der Waals surface area contributed by atoms with Crippen molar-refractivity contribution in [3.63, 3.8) is 0 Å². The van der Waals surface area contributed by atoms with Crippen LogP contribution in [0.2, 0.25) is 0 Å². The first kappa shape index (κ1) is 25.7. The number of sulfone groups is 1. The average Bonchev–Trinajstić information content (AvgIpc) is 3.12. The fraction of sp³-hybridized carbons (Fsp3) is 0.435. The fourth-order valence-corrected chi connectivity index (χ4v) is 4.15. The summed E-state index contributed by atoms with van der Waals surface area (Å²) in [6, 6.07) is 5.73. The molecule has 1 aromatic heterocycles. The third-order valence-electron chi connectivity index (χ3n) is 5.24. The van der Waals surface area contributed by atoms with Gasteiger partial charge in [-0.1, -0.05) is 18.2 Å². The molecule has 34 heavy (non-hydrogen) atoms. The third kappa shape index (κ3) is 7.04. The van der Waals surface area contributed by atoms with Crippen LogP contribution in [0.4, 0.5) is 14.6 Å². The molecule has 184 valence electrons. The summed E-state index contributed by atoms with van der Waals surface area (Å²) in [5.74, 6) is -0.630. The number of carbonyl (C=O) groups excluding carboxylic acids is 1. The summed E-state index contributed by atoms with van der Waals surface area (Å²) in [7, 11) is -3.42. The van der Waals surface area contributed by atoms with Crippen LogP contribution in [-0.2, 0) is 19.4 Å². The molecule has 1 saturated carbocycles. The minimum absolute atomic E-state index is 0.0348. The Morgan fingerprint density at radius 1 is 1.12 bits per heavy atom. The first-order chi connectivity index (χ1) is 16.2. The Hall–Kier alpha value is -2.92. The first-order valence-corrected chi connectivity index (χ1v) is 12.7. The van der Waals surface area contributed by atoms with Crippen molar-refractivity contribution in [3.8, 4) is 5.88 Å². The summed E-state index contributed by atoms with van der Waals surface area (Å²) in [6.07, 6.45) is 2.04. The van der Waals surface area contributed by atoms with Gasteiger partial charge in [0.15, 0.2) is 15.7 Å². The number of carbonyl (C=O) groups is 1. The summed E-state index contributed by atoms with van der Waals surface area (Å²) < 4.78 is 61.5. The number of hydrogen-bond donors (Lipinski definition) is 1. The molecule has 2 atom stereocenters. The van der Waals surface area contributed by atoms with E-state index in [1.165, 1.54) is 42.7 Å². The lowest BCUT2D eigenvalue weighted by atomic mass is 9.98. The van der Waals surface area contributed by atoms with Gasteiger partial charge in [-0.05, 0) is 43.4 Å². The molecular weight excluding hydrogens is 468 g/mol. The number of allylic oxidation sites excluding steroid dienone is 1. The molecule has 1 aliphatic rings. The largest absolute Gasteiger partial charge is 0.474 e. The number of ether oxygens (including phenoxy) is 2. The van der Waals surface area contributed by atoms with Crippen molar-refractivity contribution in [2.45, 2.75) is 37.0 Å². The van der Waals surface area contributed by atoms with E-state index in [0.717, 1.165) is 6.26 Å². The van der Waals surface area contributed by atoms with E-state index in [0.29, 0.717) is 25.4 Å². The molecule has 0 aliphatic heterocycles. The topological polar surface area (TPSA) is 107 Å². The molecule has 0 bridgehead atoms. The quantitative estimate of drug-likeness (QED) is 0.398. The molecule has 0 saturated heterocycles. The van der Waals surface area contributed by atoms with Gasteiger partial charge in [-0.25, -0.2) is 27.2 Å². The van der Waals surface area contributed by atoms with Gasteiger partial charge in [0.05, 0.1) is 23.9 Å². The van der Waals surface area contributed by atoms with Crippen LogP contribution >= 0.6 is 0 Å². The van der Waals surface area contributed by atoms with Crippen molar-refractivity contribution >= 4 is 27.1 Å². The Bertz CT molecular complexity index is 1100. The molecular formula is C23H27F2N3O5S. The second kappa shape index (κ2) is 11.5. The number of aromatic nitrogens is 2. The number of nitrogens with one attached hydrogen (secondary N) is 1.